The summed E-state index contributed by atoms with van der Waals surface area (Å²) in [7, 11) is 0. The first-order valence-corrected chi connectivity index (χ1v) is 9.34. The largest absolute Gasteiger partial charge is 0.347 e. The highest BCUT2D eigenvalue weighted by Gasteiger charge is 2.11. The molecule has 1 N–H and O–H groups in total. The van der Waals surface area contributed by atoms with Crippen molar-refractivity contribution < 1.29 is 9.32 Å². The van der Waals surface area contributed by atoms with Gasteiger partial charge in [-0.2, -0.15) is 4.98 Å². The third kappa shape index (κ3) is 3.93. The van der Waals surface area contributed by atoms with Gasteiger partial charge in [-0.25, -0.2) is 0 Å². The Bertz CT molecular complexity index is 1080. The number of aromatic nitrogens is 4. The van der Waals surface area contributed by atoms with E-state index in [1.54, 1.807) is 12.4 Å². The minimum absolute atomic E-state index is 0.0870. The fourth-order valence-electron chi connectivity index (χ4n) is 3.13. The van der Waals surface area contributed by atoms with Crippen LogP contribution in [0.4, 0.5) is 5.69 Å². The smallest absolute Gasteiger partial charge is 0.227 e. The van der Waals surface area contributed by atoms with Crippen molar-refractivity contribution in [3.8, 4) is 11.4 Å². The quantitative estimate of drug-likeness (QED) is 0.526. The summed E-state index contributed by atoms with van der Waals surface area (Å²) in [5.41, 5.74) is 2.79. The molecule has 0 aliphatic heterocycles. The number of amides is 1. The monoisotopic (exact) mass is 375 g/mol. The number of rotatable bonds is 7. The molecule has 0 aliphatic rings. The number of nitrogens with zero attached hydrogens (tertiary/aromatic N) is 4. The summed E-state index contributed by atoms with van der Waals surface area (Å²) in [5, 5.41) is 8.01. The van der Waals surface area contributed by atoms with E-state index in [-0.39, 0.29) is 12.3 Å². The molecule has 1 aromatic carbocycles. The lowest BCUT2D eigenvalue weighted by Gasteiger charge is -2.06. The summed E-state index contributed by atoms with van der Waals surface area (Å²) in [4.78, 5) is 20.6. The number of fused-ring (bicyclic) bond motifs is 1. The molecule has 0 fully saturated rings. The van der Waals surface area contributed by atoms with Gasteiger partial charge in [0.05, 0.1) is 0 Å². The molecule has 0 spiro atoms. The van der Waals surface area contributed by atoms with Gasteiger partial charge >= 0.3 is 0 Å². The molecule has 3 heterocycles. The average Bonchev–Trinajstić information content (AvgIpc) is 3.35. The highest BCUT2D eigenvalue weighted by molar-refractivity contribution is 5.94. The Hall–Kier alpha value is -3.48. The molecule has 7 nitrogen and oxygen atoms in total. The second-order valence-electron chi connectivity index (χ2n) is 6.58. The molecule has 0 unspecified atom stereocenters. The highest BCUT2D eigenvalue weighted by atomic mass is 16.5. The van der Waals surface area contributed by atoms with Crippen LogP contribution in [0.1, 0.15) is 25.7 Å². The molecule has 3 aromatic heterocycles. The SMILES string of the molecule is CCCn1ccc2cc(NC(=O)CCc3nc(-c4ccncc4)no3)ccc21. The van der Waals surface area contributed by atoms with Crippen molar-refractivity contribution in [1.29, 1.82) is 0 Å². The number of aryl methyl sites for hydroxylation is 2. The number of hydrogen-bond acceptors (Lipinski definition) is 5. The predicted molar refractivity (Wildman–Crippen MR) is 107 cm³/mol. The Balaban J connectivity index is 1.36. The second kappa shape index (κ2) is 8.04. The molecule has 142 valence electrons. The Labute approximate surface area is 162 Å². The van der Waals surface area contributed by atoms with Crippen molar-refractivity contribution in [3.63, 3.8) is 0 Å². The van der Waals surface area contributed by atoms with Gasteiger partial charge in [-0.3, -0.25) is 9.78 Å². The molecule has 7 heteroatoms. The van der Waals surface area contributed by atoms with Crippen molar-refractivity contribution in [2.45, 2.75) is 32.7 Å². The minimum atomic E-state index is -0.0870. The van der Waals surface area contributed by atoms with Crippen LogP contribution in [0.5, 0.6) is 0 Å². The van der Waals surface area contributed by atoms with Gasteiger partial charge in [0.25, 0.3) is 0 Å². The van der Waals surface area contributed by atoms with Crippen molar-refractivity contribution in [2.75, 3.05) is 5.32 Å². The van der Waals surface area contributed by atoms with Crippen LogP contribution in [0.25, 0.3) is 22.3 Å². The highest BCUT2D eigenvalue weighted by Crippen LogP contribution is 2.21. The molecule has 0 saturated carbocycles. The van der Waals surface area contributed by atoms with Gasteiger partial charge in [-0.1, -0.05) is 12.1 Å². The molecule has 0 atom stereocenters. The van der Waals surface area contributed by atoms with E-state index in [2.05, 4.69) is 44.2 Å². The maximum Gasteiger partial charge on any atom is 0.227 e. The van der Waals surface area contributed by atoms with Crippen molar-refractivity contribution >= 4 is 22.5 Å². The van der Waals surface area contributed by atoms with E-state index < -0.39 is 0 Å². The van der Waals surface area contributed by atoms with Crippen molar-refractivity contribution in [3.05, 3.63) is 60.9 Å². The Morgan fingerprint density at radius 3 is 2.86 bits per heavy atom. The molecule has 4 aromatic rings. The Morgan fingerprint density at radius 2 is 2.04 bits per heavy atom. The lowest BCUT2D eigenvalue weighted by molar-refractivity contribution is -0.116. The van der Waals surface area contributed by atoms with Gasteiger partial charge in [-0.05, 0) is 42.8 Å². The Kier molecular flexibility index (Phi) is 5.14. The van der Waals surface area contributed by atoms with Crippen LogP contribution in [0.3, 0.4) is 0 Å². The summed E-state index contributed by atoms with van der Waals surface area (Å²) >= 11 is 0. The summed E-state index contributed by atoms with van der Waals surface area (Å²) in [5.74, 6) is 0.852. The molecular weight excluding hydrogens is 354 g/mol. The topological polar surface area (TPSA) is 85.8 Å². The van der Waals surface area contributed by atoms with Gasteiger partial charge in [0.15, 0.2) is 0 Å². The van der Waals surface area contributed by atoms with E-state index in [0.29, 0.717) is 18.1 Å². The maximum absolute atomic E-state index is 12.3. The van der Waals surface area contributed by atoms with Gasteiger partial charge in [0, 0.05) is 60.1 Å². The normalized spacial score (nSPS) is 11.0. The van der Waals surface area contributed by atoms with Gasteiger partial charge < -0.3 is 14.4 Å². The number of nitrogens with one attached hydrogen (secondary N) is 1. The summed E-state index contributed by atoms with van der Waals surface area (Å²) in [6.07, 6.45) is 7.17. The number of carbonyl (C=O) groups excluding carboxylic acids is 1. The van der Waals surface area contributed by atoms with E-state index >= 15 is 0 Å². The van der Waals surface area contributed by atoms with Crippen molar-refractivity contribution in [2.24, 2.45) is 0 Å². The molecule has 0 bridgehead atoms. The molecule has 0 radical (unpaired) electrons. The number of anilines is 1. The molecule has 1 amide bonds. The van der Waals surface area contributed by atoms with E-state index in [4.69, 9.17) is 4.52 Å². The predicted octanol–water partition coefficient (Wildman–Crippen LogP) is 4.07. The van der Waals surface area contributed by atoms with E-state index in [0.717, 1.165) is 29.6 Å². The zero-order valence-electron chi connectivity index (χ0n) is 15.6. The molecule has 28 heavy (non-hydrogen) atoms. The summed E-state index contributed by atoms with van der Waals surface area (Å²) < 4.78 is 7.46. The van der Waals surface area contributed by atoms with Crippen LogP contribution in [-0.2, 0) is 17.8 Å². The number of hydrogen-bond donors (Lipinski definition) is 1. The fourth-order valence-corrected chi connectivity index (χ4v) is 3.13. The Morgan fingerprint density at radius 1 is 1.18 bits per heavy atom. The van der Waals surface area contributed by atoms with E-state index in [1.165, 1.54) is 5.52 Å². The van der Waals surface area contributed by atoms with E-state index in [1.807, 2.05) is 30.3 Å². The van der Waals surface area contributed by atoms with E-state index in [9.17, 15) is 4.79 Å². The third-order valence-corrected chi connectivity index (χ3v) is 4.49. The molecular formula is C21H21N5O2. The molecule has 4 rings (SSSR count). The average molecular weight is 375 g/mol. The van der Waals surface area contributed by atoms with Crippen LogP contribution in [0, 0.1) is 0 Å². The maximum atomic E-state index is 12.3. The van der Waals surface area contributed by atoms with Crippen LogP contribution in [0.2, 0.25) is 0 Å². The summed E-state index contributed by atoms with van der Waals surface area (Å²) in [6.45, 7) is 3.14. The zero-order chi connectivity index (χ0) is 19.3. The fraction of sp³-hybridized carbons (Fsp3) is 0.238. The van der Waals surface area contributed by atoms with Crippen LogP contribution >= 0.6 is 0 Å². The zero-order valence-corrected chi connectivity index (χ0v) is 15.6. The number of carbonyl (C=O) groups is 1. The molecule has 0 saturated heterocycles. The van der Waals surface area contributed by atoms with Gasteiger partial charge in [-0.15, -0.1) is 0 Å². The van der Waals surface area contributed by atoms with Gasteiger partial charge in [0.2, 0.25) is 17.6 Å². The third-order valence-electron chi connectivity index (χ3n) is 4.49. The lowest BCUT2D eigenvalue weighted by atomic mass is 10.2. The number of benzene rings is 1. The van der Waals surface area contributed by atoms with Crippen LogP contribution in [0.15, 0.2) is 59.5 Å². The second-order valence-corrected chi connectivity index (χ2v) is 6.58. The first-order valence-electron chi connectivity index (χ1n) is 9.34. The number of pyridine rings is 1. The first kappa shape index (κ1) is 17.9. The standard InChI is InChI=1S/C21H21N5O2/c1-2-12-26-13-9-16-14-17(3-4-18(16)26)23-19(27)5-6-20-24-21(25-28-20)15-7-10-22-11-8-15/h3-4,7-11,13-14H,2,5-6,12H2,1H3,(H,23,27). The summed E-state index contributed by atoms with van der Waals surface area (Å²) in [6, 6.07) is 11.7. The van der Waals surface area contributed by atoms with Crippen LogP contribution < -0.4 is 5.32 Å². The first-order chi connectivity index (χ1) is 13.7. The minimum Gasteiger partial charge on any atom is -0.347 e. The lowest BCUT2D eigenvalue weighted by Crippen LogP contribution is -2.12. The van der Waals surface area contributed by atoms with Crippen LogP contribution in [-0.4, -0.2) is 25.6 Å². The van der Waals surface area contributed by atoms with Crippen molar-refractivity contribution in [1.82, 2.24) is 19.7 Å². The van der Waals surface area contributed by atoms with Gasteiger partial charge in [0.1, 0.15) is 0 Å². The molecule has 0 aliphatic carbocycles.